The van der Waals surface area contributed by atoms with Crippen LogP contribution in [-0.2, 0) is 10.2 Å². The minimum absolute atomic E-state index is 0.0104. The number of carbonyl (C=O) groups is 1. The number of hydrogen-bond acceptors (Lipinski definition) is 3. The monoisotopic (exact) mass is 331 g/mol. The highest BCUT2D eigenvalue weighted by atomic mass is 35.5. The van der Waals surface area contributed by atoms with E-state index in [0.717, 1.165) is 24.1 Å². The van der Waals surface area contributed by atoms with Crippen LogP contribution >= 0.6 is 11.6 Å². The number of halogens is 1. The van der Waals surface area contributed by atoms with E-state index in [1.165, 1.54) is 0 Å². The van der Waals surface area contributed by atoms with Crippen molar-refractivity contribution in [3.63, 3.8) is 0 Å². The fraction of sp³-hybridized carbons (Fsp3) is 0.278. The average molecular weight is 332 g/mol. The second kappa shape index (κ2) is 6.60. The molecule has 0 spiro atoms. The van der Waals surface area contributed by atoms with Crippen LogP contribution in [-0.4, -0.2) is 24.2 Å². The number of ether oxygens (including phenoxy) is 1. The first-order valence-corrected chi connectivity index (χ1v) is 7.93. The van der Waals surface area contributed by atoms with E-state index in [0.29, 0.717) is 10.8 Å². The summed E-state index contributed by atoms with van der Waals surface area (Å²) in [6.07, 6.45) is 1.66. The number of benzene rings is 2. The molecule has 0 aromatic heterocycles. The number of hydrogen-bond donors (Lipinski definition) is 2. The highest BCUT2D eigenvalue weighted by molar-refractivity contribution is 6.30. The van der Waals surface area contributed by atoms with Gasteiger partial charge in [0, 0.05) is 10.7 Å². The normalized spacial score (nSPS) is 15.0. The summed E-state index contributed by atoms with van der Waals surface area (Å²) in [7, 11) is 0. The van der Waals surface area contributed by atoms with Crippen molar-refractivity contribution in [2.24, 2.45) is 0 Å². The predicted molar refractivity (Wildman–Crippen MR) is 90.0 cm³/mol. The van der Waals surface area contributed by atoms with Gasteiger partial charge in [-0.25, -0.2) is 0 Å². The van der Waals surface area contributed by atoms with E-state index >= 15 is 0 Å². The van der Waals surface area contributed by atoms with Crippen LogP contribution in [0.1, 0.15) is 18.4 Å². The molecule has 0 aliphatic heterocycles. The smallest absolute Gasteiger partial charge is 0.235 e. The number of nitrogens with one attached hydrogen (secondary N) is 1. The molecular formula is C18H18ClNO3. The summed E-state index contributed by atoms with van der Waals surface area (Å²) >= 11 is 6.04. The van der Waals surface area contributed by atoms with Crippen LogP contribution in [0.25, 0.3) is 0 Å². The molecule has 0 atom stereocenters. The largest absolute Gasteiger partial charge is 0.491 e. The maximum Gasteiger partial charge on any atom is 0.235 e. The summed E-state index contributed by atoms with van der Waals surface area (Å²) in [5.41, 5.74) is 1.22. The Labute approximate surface area is 140 Å². The van der Waals surface area contributed by atoms with Crippen molar-refractivity contribution in [1.29, 1.82) is 0 Å². The summed E-state index contributed by atoms with van der Waals surface area (Å²) in [5, 5.41) is 12.3. The van der Waals surface area contributed by atoms with Gasteiger partial charge in [0.1, 0.15) is 12.4 Å². The van der Waals surface area contributed by atoms with Gasteiger partial charge in [-0.2, -0.15) is 0 Å². The molecule has 1 amide bonds. The Morgan fingerprint density at radius 2 is 1.96 bits per heavy atom. The van der Waals surface area contributed by atoms with Gasteiger partial charge in [0.2, 0.25) is 5.91 Å². The van der Waals surface area contributed by atoms with E-state index in [-0.39, 0.29) is 19.1 Å². The van der Waals surface area contributed by atoms with Gasteiger partial charge < -0.3 is 15.2 Å². The van der Waals surface area contributed by atoms with Gasteiger partial charge >= 0.3 is 0 Å². The van der Waals surface area contributed by atoms with Crippen molar-refractivity contribution in [1.82, 2.24) is 0 Å². The van der Waals surface area contributed by atoms with Crippen LogP contribution in [0.3, 0.4) is 0 Å². The summed E-state index contributed by atoms with van der Waals surface area (Å²) in [6.45, 7) is 0.226. The first-order valence-electron chi connectivity index (χ1n) is 7.55. The third-order valence-corrected chi connectivity index (χ3v) is 4.27. The van der Waals surface area contributed by atoms with E-state index in [1.54, 1.807) is 24.3 Å². The zero-order valence-electron chi connectivity index (χ0n) is 12.6. The molecule has 0 radical (unpaired) electrons. The van der Waals surface area contributed by atoms with E-state index in [4.69, 9.17) is 21.4 Å². The molecule has 4 nitrogen and oxygen atoms in total. The van der Waals surface area contributed by atoms with Crippen LogP contribution in [0.4, 0.5) is 5.69 Å². The standard InChI is InChI=1S/C18H18ClNO3/c19-14-3-1-2-13(12-14)18(8-9-18)17(22)20-15-4-6-16(7-5-15)23-11-10-21/h1-7,12,21H,8-11H2,(H,20,22). The fourth-order valence-corrected chi connectivity index (χ4v) is 2.80. The zero-order chi connectivity index (χ0) is 16.3. The molecule has 0 bridgehead atoms. The van der Waals surface area contributed by atoms with E-state index < -0.39 is 5.41 Å². The van der Waals surface area contributed by atoms with Crippen molar-refractivity contribution in [2.45, 2.75) is 18.3 Å². The third-order valence-electron chi connectivity index (χ3n) is 4.03. The van der Waals surface area contributed by atoms with Crippen molar-refractivity contribution in [3.8, 4) is 5.75 Å². The number of amides is 1. The molecule has 3 rings (SSSR count). The van der Waals surface area contributed by atoms with Crippen LogP contribution in [0, 0.1) is 0 Å². The van der Waals surface area contributed by atoms with Crippen molar-refractivity contribution in [2.75, 3.05) is 18.5 Å². The van der Waals surface area contributed by atoms with Crippen molar-refractivity contribution < 1.29 is 14.6 Å². The summed E-state index contributed by atoms with van der Waals surface area (Å²) in [5.74, 6) is 0.650. The highest BCUT2D eigenvalue weighted by Gasteiger charge is 2.51. The van der Waals surface area contributed by atoms with Gasteiger partial charge in [-0.1, -0.05) is 23.7 Å². The molecule has 120 valence electrons. The van der Waals surface area contributed by atoms with Gasteiger partial charge in [-0.3, -0.25) is 4.79 Å². The quantitative estimate of drug-likeness (QED) is 0.853. The first-order chi connectivity index (χ1) is 11.1. The summed E-state index contributed by atoms with van der Waals surface area (Å²) in [4.78, 5) is 12.6. The molecule has 1 aliphatic rings. The van der Waals surface area contributed by atoms with Crippen LogP contribution in [0.2, 0.25) is 5.02 Å². The molecule has 1 saturated carbocycles. The first kappa shape index (κ1) is 15.8. The molecule has 2 aromatic rings. The molecule has 23 heavy (non-hydrogen) atoms. The lowest BCUT2D eigenvalue weighted by molar-refractivity contribution is -0.118. The molecule has 2 N–H and O–H groups in total. The number of aliphatic hydroxyl groups excluding tert-OH is 1. The van der Waals surface area contributed by atoms with Crippen LogP contribution in [0.15, 0.2) is 48.5 Å². The van der Waals surface area contributed by atoms with Gasteiger partial charge in [0.15, 0.2) is 0 Å². The lowest BCUT2D eigenvalue weighted by Gasteiger charge is -2.16. The van der Waals surface area contributed by atoms with Crippen molar-refractivity contribution >= 4 is 23.2 Å². The minimum Gasteiger partial charge on any atom is -0.491 e. The van der Waals surface area contributed by atoms with E-state index in [1.807, 2.05) is 24.3 Å². The molecule has 1 fully saturated rings. The van der Waals surface area contributed by atoms with E-state index in [2.05, 4.69) is 5.32 Å². The lowest BCUT2D eigenvalue weighted by Crippen LogP contribution is -2.27. The minimum atomic E-state index is -0.461. The maximum absolute atomic E-state index is 12.6. The number of aliphatic hydroxyl groups is 1. The Morgan fingerprint density at radius 3 is 2.57 bits per heavy atom. The van der Waals surface area contributed by atoms with Gasteiger partial charge in [0.25, 0.3) is 0 Å². The number of carbonyl (C=O) groups excluding carboxylic acids is 1. The summed E-state index contributed by atoms with van der Waals surface area (Å²) in [6, 6.07) is 14.6. The van der Waals surface area contributed by atoms with Gasteiger partial charge in [0.05, 0.1) is 12.0 Å². The molecule has 0 unspecified atom stereocenters. The Morgan fingerprint density at radius 1 is 1.22 bits per heavy atom. The van der Waals surface area contributed by atoms with E-state index in [9.17, 15) is 4.79 Å². The SMILES string of the molecule is O=C(Nc1ccc(OCCO)cc1)C1(c2cccc(Cl)c2)CC1. The average Bonchev–Trinajstić information content (AvgIpc) is 3.36. The van der Waals surface area contributed by atoms with Crippen molar-refractivity contribution in [3.05, 3.63) is 59.1 Å². The molecular weight excluding hydrogens is 314 g/mol. The Bertz CT molecular complexity index is 696. The van der Waals surface area contributed by atoms with Crippen LogP contribution < -0.4 is 10.1 Å². The molecule has 0 saturated heterocycles. The Balaban J connectivity index is 1.69. The van der Waals surface area contributed by atoms with Crippen LogP contribution in [0.5, 0.6) is 5.75 Å². The second-order valence-corrected chi connectivity index (χ2v) is 6.08. The third kappa shape index (κ3) is 3.49. The zero-order valence-corrected chi connectivity index (χ0v) is 13.3. The number of anilines is 1. The van der Waals surface area contributed by atoms with Gasteiger partial charge in [-0.05, 0) is 54.8 Å². The maximum atomic E-state index is 12.6. The molecule has 2 aromatic carbocycles. The predicted octanol–water partition coefficient (Wildman–Crippen LogP) is 3.38. The topological polar surface area (TPSA) is 58.6 Å². The Kier molecular flexibility index (Phi) is 4.55. The molecule has 0 heterocycles. The van der Waals surface area contributed by atoms with Gasteiger partial charge in [-0.15, -0.1) is 0 Å². The number of rotatable bonds is 6. The second-order valence-electron chi connectivity index (χ2n) is 5.64. The fourth-order valence-electron chi connectivity index (χ4n) is 2.61. The molecule has 1 aliphatic carbocycles. The lowest BCUT2D eigenvalue weighted by atomic mass is 9.95. The summed E-state index contributed by atoms with van der Waals surface area (Å²) < 4.78 is 5.30. The Hall–Kier alpha value is -2.04. The molecule has 5 heteroatoms. The highest BCUT2D eigenvalue weighted by Crippen LogP contribution is 2.49.